The van der Waals surface area contributed by atoms with Crippen molar-refractivity contribution in [3.8, 4) is 0 Å². The van der Waals surface area contributed by atoms with Crippen molar-refractivity contribution in [2.24, 2.45) is 0 Å². The van der Waals surface area contributed by atoms with E-state index in [4.69, 9.17) is 18.5 Å². The molecule has 0 aromatic carbocycles. The first kappa shape index (κ1) is 47.7. The van der Waals surface area contributed by atoms with E-state index >= 15 is 0 Å². The van der Waals surface area contributed by atoms with Gasteiger partial charge in [0.1, 0.15) is 19.3 Å². The molecule has 0 rings (SSSR count). The van der Waals surface area contributed by atoms with Crippen molar-refractivity contribution in [3.05, 3.63) is 36.5 Å². The SMILES string of the molecule is CCCC/C=C\C/C=C\CCCCCCCC(=O)OC(COCCCCCCCC/C=C\CCCCC)COP(=O)([O-])OCC[N+](C)(C)C. The smallest absolute Gasteiger partial charge is 0.306 e. The van der Waals surface area contributed by atoms with Crippen LogP contribution in [0, 0.1) is 0 Å². The summed E-state index contributed by atoms with van der Waals surface area (Å²) in [5.41, 5.74) is 0. The third-order valence-corrected chi connectivity index (χ3v) is 9.13. The number of phosphoric acid groups is 1. The normalized spacial score (nSPS) is 14.3. The van der Waals surface area contributed by atoms with Crippen molar-refractivity contribution < 1.29 is 37.3 Å². The number of carbonyl (C=O) groups is 1. The average Bonchev–Trinajstić information content (AvgIpc) is 3.04. The molecule has 0 heterocycles. The molecule has 0 fully saturated rings. The maximum atomic E-state index is 12.6. The number of ether oxygens (including phenoxy) is 2. The van der Waals surface area contributed by atoms with Gasteiger partial charge in [0.2, 0.25) is 0 Å². The topological polar surface area (TPSA) is 94.1 Å². The van der Waals surface area contributed by atoms with Gasteiger partial charge in [-0.1, -0.05) is 121 Å². The van der Waals surface area contributed by atoms with Gasteiger partial charge in [0, 0.05) is 13.0 Å². The fourth-order valence-electron chi connectivity index (χ4n) is 5.03. The van der Waals surface area contributed by atoms with Crippen LogP contribution in [0.3, 0.4) is 0 Å². The molecular weight excluding hydrogens is 637 g/mol. The Balaban J connectivity index is 4.33. The lowest BCUT2D eigenvalue weighted by Gasteiger charge is -2.28. The van der Waals surface area contributed by atoms with Gasteiger partial charge in [0.05, 0.1) is 34.4 Å². The fraction of sp³-hybridized carbons (Fsp3) is 0.825. The Morgan fingerprint density at radius 2 is 1.14 bits per heavy atom. The first-order valence-electron chi connectivity index (χ1n) is 19.7. The van der Waals surface area contributed by atoms with E-state index in [2.05, 4.69) is 50.3 Å². The van der Waals surface area contributed by atoms with Crippen LogP contribution in [-0.4, -0.2) is 70.7 Å². The Kier molecular flexibility index (Phi) is 33.0. The second-order valence-electron chi connectivity index (χ2n) is 14.3. The summed E-state index contributed by atoms with van der Waals surface area (Å²) in [7, 11) is 1.34. The van der Waals surface area contributed by atoms with E-state index in [0.717, 1.165) is 57.8 Å². The molecule has 0 bridgehead atoms. The number of allylic oxidation sites excluding steroid dienone is 6. The van der Waals surface area contributed by atoms with Crippen LogP contribution in [0.15, 0.2) is 36.5 Å². The monoisotopic (exact) mass is 714 g/mol. The number of quaternary nitrogens is 1. The van der Waals surface area contributed by atoms with E-state index in [1.54, 1.807) is 0 Å². The average molecular weight is 714 g/mol. The molecule has 288 valence electrons. The highest BCUT2D eigenvalue weighted by molar-refractivity contribution is 7.45. The zero-order chi connectivity index (χ0) is 36.3. The van der Waals surface area contributed by atoms with Crippen LogP contribution in [0.1, 0.15) is 155 Å². The Morgan fingerprint density at radius 1 is 0.633 bits per heavy atom. The van der Waals surface area contributed by atoms with E-state index in [-0.39, 0.29) is 25.8 Å². The zero-order valence-corrected chi connectivity index (χ0v) is 33.3. The molecule has 0 amide bonds. The summed E-state index contributed by atoms with van der Waals surface area (Å²) >= 11 is 0. The third kappa shape index (κ3) is 37.8. The molecule has 49 heavy (non-hydrogen) atoms. The molecule has 2 unspecified atom stereocenters. The minimum absolute atomic E-state index is 0.0216. The molecule has 0 N–H and O–H groups in total. The summed E-state index contributed by atoms with van der Waals surface area (Å²) in [5.74, 6) is -0.352. The van der Waals surface area contributed by atoms with Crippen molar-refractivity contribution in [1.29, 1.82) is 0 Å². The maximum absolute atomic E-state index is 12.6. The first-order valence-corrected chi connectivity index (χ1v) is 21.2. The molecule has 9 heteroatoms. The summed E-state index contributed by atoms with van der Waals surface area (Å²) < 4.78 is 34.4. The number of hydrogen-bond acceptors (Lipinski definition) is 7. The molecule has 2 atom stereocenters. The standard InChI is InChI=1S/C40H76NO7P/c1-6-8-10-12-14-16-18-20-21-23-25-27-29-31-33-40(42)48-39(38-47-49(43,44)46-36-34-41(3,4)5)37-45-35-32-30-28-26-24-22-19-17-15-13-11-9-7-2/h12,14-15,17-18,20,39H,6-11,13,16,19,21-38H2,1-5H3/b14-12-,17-15-,20-18-. The van der Waals surface area contributed by atoms with Gasteiger partial charge < -0.3 is 27.9 Å². The van der Waals surface area contributed by atoms with Crippen molar-refractivity contribution >= 4 is 13.8 Å². The molecule has 0 aromatic rings. The highest BCUT2D eigenvalue weighted by Gasteiger charge is 2.20. The summed E-state index contributed by atoms with van der Waals surface area (Å²) in [6.45, 7) is 5.30. The fourth-order valence-corrected chi connectivity index (χ4v) is 5.75. The summed E-state index contributed by atoms with van der Waals surface area (Å²) in [5, 5.41) is 0. The van der Waals surface area contributed by atoms with Crippen molar-refractivity contribution in [3.63, 3.8) is 0 Å². The van der Waals surface area contributed by atoms with Crippen molar-refractivity contribution in [2.75, 3.05) is 54.1 Å². The molecule has 0 aliphatic carbocycles. The van der Waals surface area contributed by atoms with Crippen LogP contribution in [0.2, 0.25) is 0 Å². The van der Waals surface area contributed by atoms with Gasteiger partial charge in [0.15, 0.2) is 0 Å². The van der Waals surface area contributed by atoms with Crippen LogP contribution >= 0.6 is 7.82 Å². The van der Waals surface area contributed by atoms with Crippen molar-refractivity contribution in [2.45, 2.75) is 161 Å². The number of hydrogen-bond donors (Lipinski definition) is 0. The summed E-state index contributed by atoms with van der Waals surface area (Å²) in [4.78, 5) is 24.9. The van der Waals surface area contributed by atoms with E-state index in [1.165, 1.54) is 77.0 Å². The molecule has 0 saturated carbocycles. The van der Waals surface area contributed by atoms with Crippen molar-refractivity contribution in [1.82, 2.24) is 0 Å². The zero-order valence-electron chi connectivity index (χ0n) is 32.4. The lowest BCUT2D eigenvalue weighted by molar-refractivity contribution is -0.870. The van der Waals surface area contributed by atoms with Crippen LogP contribution in [0.25, 0.3) is 0 Å². The lowest BCUT2D eigenvalue weighted by Crippen LogP contribution is -2.37. The van der Waals surface area contributed by atoms with Crippen LogP contribution in [-0.2, 0) is 27.9 Å². The quantitative estimate of drug-likeness (QED) is 0.0210. The summed E-state index contributed by atoms with van der Waals surface area (Å²) in [6.07, 6.45) is 37.2. The molecule has 0 aliphatic rings. The van der Waals surface area contributed by atoms with E-state index in [0.29, 0.717) is 24.1 Å². The predicted octanol–water partition coefficient (Wildman–Crippen LogP) is 10.4. The van der Waals surface area contributed by atoms with E-state index in [1.807, 2.05) is 21.1 Å². The van der Waals surface area contributed by atoms with Crippen LogP contribution < -0.4 is 4.89 Å². The molecule has 0 aromatic heterocycles. The number of unbranched alkanes of at least 4 members (excludes halogenated alkanes) is 16. The minimum Gasteiger partial charge on any atom is -0.756 e. The van der Waals surface area contributed by atoms with Gasteiger partial charge in [-0.05, 0) is 64.2 Å². The second kappa shape index (κ2) is 33.8. The van der Waals surface area contributed by atoms with Gasteiger partial charge >= 0.3 is 5.97 Å². The maximum Gasteiger partial charge on any atom is 0.306 e. The van der Waals surface area contributed by atoms with Crippen LogP contribution in [0.4, 0.5) is 0 Å². The summed E-state index contributed by atoms with van der Waals surface area (Å²) in [6, 6.07) is 0. The Bertz CT molecular complexity index is 884. The molecule has 0 aliphatic heterocycles. The Labute approximate surface area is 302 Å². The Hall–Kier alpha value is -1.28. The highest BCUT2D eigenvalue weighted by atomic mass is 31.2. The van der Waals surface area contributed by atoms with Gasteiger partial charge in [-0.15, -0.1) is 0 Å². The minimum atomic E-state index is -4.52. The molecule has 0 radical (unpaired) electrons. The van der Waals surface area contributed by atoms with E-state index < -0.39 is 13.9 Å². The number of carbonyl (C=O) groups excluding carboxylic acids is 1. The van der Waals surface area contributed by atoms with E-state index in [9.17, 15) is 14.3 Å². The lowest BCUT2D eigenvalue weighted by atomic mass is 10.1. The number of esters is 1. The highest BCUT2D eigenvalue weighted by Crippen LogP contribution is 2.38. The van der Waals surface area contributed by atoms with Gasteiger partial charge in [-0.2, -0.15) is 0 Å². The second-order valence-corrected chi connectivity index (χ2v) is 15.7. The molecule has 0 spiro atoms. The van der Waals surface area contributed by atoms with Gasteiger partial charge in [-0.25, -0.2) is 0 Å². The molecule has 0 saturated heterocycles. The van der Waals surface area contributed by atoms with Crippen LogP contribution in [0.5, 0.6) is 0 Å². The number of rotatable bonds is 36. The van der Waals surface area contributed by atoms with Gasteiger partial charge in [-0.3, -0.25) is 9.36 Å². The first-order chi connectivity index (χ1) is 23.6. The number of nitrogens with zero attached hydrogens (tertiary/aromatic N) is 1. The number of likely N-dealkylation sites (N-methyl/N-ethyl adjacent to an activating group) is 1. The third-order valence-electron chi connectivity index (χ3n) is 8.16. The number of phosphoric ester groups is 1. The van der Waals surface area contributed by atoms with Gasteiger partial charge in [0.25, 0.3) is 7.82 Å². The predicted molar refractivity (Wildman–Crippen MR) is 203 cm³/mol. The molecular formula is C40H76NO7P. The Morgan fingerprint density at radius 3 is 1.73 bits per heavy atom. The molecule has 8 nitrogen and oxygen atoms in total. The largest absolute Gasteiger partial charge is 0.756 e.